The second-order valence-corrected chi connectivity index (χ2v) is 14.8. The van der Waals surface area contributed by atoms with Crippen molar-refractivity contribution in [1.82, 2.24) is 19.5 Å². The highest BCUT2D eigenvalue weighted by Crippen LogP contribution is 2.42. The molecule has 0 saturated carbocycles. The van der Waals surface area contributed by atoms with E-state index in [1.165, 1.54) is 97.0 Å². The summed E-state index contributed by atoms with van der Waals surface area (Å²) in [7, 11) is -2.56. The van der Waals surface area contributed by atoms with E-state index in [1.807, 2.05) is 30.3 Å². The fourth-order valence-corrected chi connectivity index (χ4v) is 6.55. The van der Waals surface area contributed by atoms with Crippen LogP contribution in [-0.4, -0.2) is 70.4 Å². The van der Waals surface area contributed by atoms with E-state index in [0.717, 1.165) is 18.4 Å². The largest absolute Gasteiger partial charge is 0.479 e. The first kappa shape index (κ1) is 41.8. The first-order valence-corrected chi connectivity index (χ1v) is 20.5. The van der Waals surface area contributed by atoms with Crippen LogP contribution in [-0.2, 0) is 36.5 Å². The van der Waals surface area contributed by atoms with Gasteiger partial charge in [0.1, 0.15) is 12.5 Å². The van der Waals surface area contributed by atoms with Crippen LogP contribution >= 0.6 is 7.60 Å². The zero-order chi connectivity index (χ0) is 35.7. The Morgan fingerprint density at radius 2 is 1.44 bits per heavy atom. The van der Waals surface area contributed by atoms with E-state index in [9.17, 15) is 9.46 Å². The molecule has 0 spiro atoms. The van der Waals surface area contributed by atoms with E-state index >= 15 is 0 Å². The number of nitrogens with two attached hydrogens (primary N) is 1. The van der Waals surface area contributed by atoms with Crippen molar-refractivity contribution < 1.29 is 32.9 Å². The second-order valence-electron chi connectivity index (χ2n) is 13.0. The SMILES string of the molecule is CCCCCCCCCCCCCCCCCCOCC(COP(=O)(O)COCCn1cnc2c(OC)nc(N)nc21)OCc1ccccc1. The van der Waals surface area contributed by atoms with E-state index in [1.54, 1.807) is 10.9 Å². The van der Waals surface area contributed by atoms with Gasteiger partial charge < -0.3 is 38.7 Å². The lowest BCUT2D eigenvalue weighted by molar-refractivity contribution is -0.0477. The third kappa shape index (κ3) is 17.6. The summed E-state index contributed by atoms with van der Waals surface area (Å²) in [5, 5.41) is 0. The molecule has 0 aliphatic heterocycles. The van der Waals surface area contributed by atoms with Gasteiger partial charge in [-0.25, -0.2) is 4.98 Å². The summed E-state index contributed by atoms with van der Waals surface area (Å²) in [6.07, 6.45) is 21.8. The number of imidazole rings is 1. The molecule has 0 aliphatic rings. The Balaban J connectivity index is 1.27. The summed E-state index contributed by atoms with van der Waals surface area (Å²) in [5.41, 5.74) is 7.73. The Hall–Kier alpha value is -2.60. The predicted molar refractivity (Wildman–Crippen MR) is 198 cm³/mol. The molecule has 3 N–H and O–H groups in total. The minimum absolute atomic E-state index is 0.0586. The van der Waals surface area contributed by atoms with E-state index in [4.69, 9.17) is 29.2 Å². The van der Waals surface area contributed by atoms with Crippen LogP contribution < -0.4 is 10.5 Å². The van der Waals surface area contributed by atoms with Gasteiger partial charge in [-0.2, -0.15) is 9.97 Å². The molecule has 12 nitrogen and oxygen atoms in total. The summed E-state index contributed by atoms with van der Waals surface area (Å²) in [4.78, 5) is 22.9. The minimum Gasteiger partial charge on any atom is -0.479 e. The number of fused-ring (bicyclic) bond motifs is 1. The number of benzene rings is 1. The molecule has 282 valence electrons. The maximum Gasteiger partial charge on any atom is 0.353 e. The zero-order valence-corrected chi connectivity index (χ0v) is 31.4. The molecule has 2 aromatic heterocycles. The molecule has 0 radical (unpaired) electrons. The summed E-state index contributed by atoms with van der Waals surface area (Å²) in [6.45, 7) is 3.87. The van der Waals surface area contributed by atoms with Gasteiger partial charge in [-0.3, -0.25) is 4.57 Å². The number of aromatic nitrogens is 4. The highest BCUT2D eigenvalue weighted by Gasteiger charge is 2.23. The lowest BCUT2D eigenvalue weighted by atomic mass is 10.0. The molecule has 50 heavy (non-hydrogen) atoms. The molecule has 3 aromatic rings. The summed E-state index contributed by atoms with van der Waals surface area (Å²) >= 11 is 0. The molecular weight excluding hydrogens is 657 g/mol. The smallest absolute Gasteiger partial charge is 0.353 e. The number of methoxy groups -OCH3 is 1. The Morgan fingerprint density at radius 3 is 2.06 bits per heavy atom. The van der Waals surface area contributed by atoms with Crippen LogP contribution in [0.15, 0.2) is 36.7 Å². The van der Waals surface area contributed by atoms with Gasteiger partial charge in [0, 0.05) is 13.2 Å². The van der Waals surface area contributed by atoms with Gasteiger partial charge in [0.15, 0.2) is 11.2 Å². The Labute approximate surface area is 299 Å². The summed E-state index contributed by atoms with van der Waals surface area (Å²) < 4.78 is 42.6. The minimum atomic E-state index is -4.04. The van der Waals surface area contributed by atoms with Gasteiger partial charge in [0.2, 0.25) is 11.8 Å². The molecule has 13 heteroatoms. The maximum absolute atomic E-state index is 12.8. The van der Waals surface area contributed by atoms with Gasteiger partial charge in [0.25, 0.3) is 0 Å². The van der Waals surface area contributed by atoms with E-state index < -0.39 is 20.0 Å². The molecule has 0 fully saturated rings. The summed E-state index contributed by atoms with van der Waals surface area (Å²) in [6, 6.07) is 9.78. The van der Waals surface area contributed by atoms with E-state index in [2.05, 4.69) is 21.9 Å². The normalized spacial score (nSPS) is 13.5. The standard InChI is InChI=1S/C37H62N5O7P/c1-3-4-5-6-7-8-9-10-11-12-13-14-15-16-17-21-25-46-28-33(48-27-32-22-19-18-20-23-32)29-49-50(43,44)31-47-26-24-42-30-39-34-35(42)40-37(38)41-36(34)45-2/h18-20,22-23,30,33H,3-17,21,24-29,31H2,1-2H3,(H,43,44)(H2,38,40,41). The van der Waals surface area contributed by atoms with Crippen LogP contribution in [0.3, 0.4) is 0 Å². The fraction of sp³-hybridized carbons (Fsp3) is 0.703. The summed E-state index contributed by atoms with van der Waals surface area (Å²) in [5.74, 6) is 0.335. The van der Waals surface area contributed by atoms with Crippen molar-refractivity contribution in [2.24, 2.45) is 0 Å². The maximum atomic E-state index is 12.8. The number of nitrogen functional groups attached to an aromatic ring is 1. The molecule has 2 unspecified atom stereocenters. The average Bonchev–Trinajstić information content (AvgIpc) is 3.52. The molecule has 0 aliphatic carbocycles. The fourth-order valence-electron chi connectivity index (χ4n) is 5.72. The van der Waals surface area contributed by atoms with Gasteiger partial charge in [-0.15, -0.1) is 0 Å². The number of nitrogens with zero attached hydrogens (tertiary/aromatic N) is 4. The molecule has 3 rings (SSSR count). The van der Waals surface area contributed by atoms with Crippen LogP contribution in [0.2, 0.25) is 0 Å². The number of unbranched alkanes of at least 4 members (excludes halogenated alkanes) is 15. The third-order valence-electron chi connectivity index (χ3n) is 8.61. The molecule has 0 bridgehead atoms. The molecule has 1 aromatic carbocycles. The van der Waals surface area contributed by atoms with E-state index in [0.29, 0.717) is 30.9 Å². The van der Waals surface area contributed by atoms with Crippen molar-refractivity contribution in [2.75, 3.05) is 45.6 Å². The Kier molecular flexibility index (Phi) is 21.2. The van der Waals surface area contributed by atoms with Crippen molar-refractivity contribution in [2.45, 2.75) is 129 Å². The number of rotatable bonds is 31. The Morgan fingerprint density at radius 1 is 0.820 bits per heavy atom. The van der Waals surface area contributed by atoms with Crippen LogP contribution in [0.4, 0.5) is 5.95 Å². The van der Waals surface area contributed by atoms with Crippen LogP contribution in [0.5, 0.6) is 5.88 Å². The van der Waals surface area contributed by atoms with Crippen molar-refractivity contribution in [1.29, 1.82) is 0 Å². The van der Waals surface area contributed by atoms with Crippen molar-refractivity contribution in [3.8, 4) is 5.88 Å². The predicted octanol–water partition coefficient (Wildman–Crippen LogP) is 8.46. The lowest BCUT2D eigenvalue weighted by Crippen LogP contribution is -2.26. The first-order valence-electron chi connectivity index (χ1n) is 18.7. The lowest BCUT2D eigenvalue weighted by Gasteiger charge is -2.20. The molecular formula is C37H62N5O7P. The van der Waals surface area contributed by atoms with Crippen molar-refractivity contribution in [3.63, 3.8) is 0 Å². The number of ether oxygens (including phenoxy) is 4. The number of hydrogen-bond acceptors (Lipinski definition) is 10. The molecule has 2 heterocycles. The van der Waals surface area contributed by atoms with Gasteiger partial charge in [-0.1, -0.05) is 134 Å². The topological polar surface area (TPSA) is 153 Å². The van der Waals surface area contributed by atoms with Crippen LogP contribution in [0, 0.1) is 0 Å². The molecule has 0 amide bonds. The van der Waals surface area contributed by atoms with Gasteiger partial charge in [-0.05, 0) is 12.0 Å². The van der Waals surface area contributed by atoms with E-state index in [-0.39, 0.29) is 31.6 Å². The number of anilines is 1. The number of hydrogen-bond donors (Lipinski definition) is 2. The highest BCUT2D eigenvalue weighted by molar-refractivity contribution is 7.52. The van der Waals surface area contributed by atoms with Crippen LogP contribution in [0.25, 0.3) is 11.2 Å². The third-order valence-corrected chi connectivity index (χ3v) is 9.67. The molecule has 2 atom stereocenters. The first-order chi connectivity index (χ1) is 24.4. The van der Waals surface area contributed by atoms with Crippen molar-refractivity contribution in [3.05, 3.63) is 42.2 Å². The monoisotopic (exact) mass is 719 g/mol. The second kappa shape index (κ2) is 25.4. The van der Waals surface area contributed by atoms with Gasteiger partial charge >= 0.3 is 7.60 Å². The zero-order valence-electron chi connectivity index (χ0n) is 30.5. The van der Waals surface area contributed by atoms with Crippen LogP contribution in [0.1, 0.15) is 115 Å². The quantitative estimate of drug-likeness (QED) is 0.0486. The van der Waals surface area contributed by atoms with Crippen molar-refractivity contribution >= 4 is 24.7 Å². The Bertz CT molecular complexity index is 1350. The highest BCUT2D eigenvalue weighted by atomic mass is 31.2. The average molecular weight is 720 g/mol. The van der Waals surface area contributed by atoms with Gasteiger partial charge in [0.05, 0.1) is 39.9 Å². The molecule has 0 saturated heterocycles.